The highest BCUT2D eigenvalue weighted by Gasteiger charge is 2.10. The Morgan fingerprint density at radius 3 is 2.66 bits per heavy atom. The Hall–Kier alpha value is -3.48. The van der Waals surface area contributed by atoms with Gasteiger partial charge in [-0.1, -0.05) is 31.9 Å². The lowest BCUT2D eigenvalue weighted by molar-refractivity contribution is 0.0950. The molecule has 1 aromatic heterocycles. The average molecular weight is 394 g/mol. The number of nitrogens with zero attached hydrogens (tertiary/aromatic N) is 2. The topological polar surface area (TPSA) is 79.4 Å². The van der Waals surface area contributed by atoms with Crippen LogP contribution in [0.3, 0.4) is 0 Å². The molecule has 0 saturated carbocycles. The number of ether oxygens (including phenoxy) is 1. The Morgan fingerprint density at radius 2 is 1.93 bits per heavy atom. The van der Waals surface area contributed by atoms with Gasteiger partial charge in [-0.25, -0.2) is 9.82 Å². The zero-order valence-corrected chi connectivity index (χ0v) is 16.2. The van der Waals surface area contributed by atoms with E-state index in [0.717, 1.165) is 30.6 Å². The second kappa shape index (κ2) is 10.2. The first-order chi connectivity index (χ1) is 14.2. The number of hydrogen-bond acceptors (Lipinski definition) is 4. The summed E-state index contributed by atoms with van der Waals surface area (Å²) in [6.07, 6.45) is 4.80. The van der Waals surface area contributed by atoms with Gasteiger partial charge in [0.25, 0.3) is 5.91 Å². The summed E-state index contributed by atoms with van der Waals surface area (Å²) in [6.45, 7) is 2.86. The third-order valence-corrected chi connectivity index (χ3v) is 4.24. The molecule has 2 aromatic carbocycles. The Balaban J connectivity index is 1.55. The standard InChI is InChI=1S/C22H23FN4O2/c1-2-3-4-13-29-19-11-7-17(8-12-19)20-14-21(26-25-20)22(28)27-24-15-16-5-9-18(23)10-6-16/h5-12,14-15H,2-4,13H2,1H3,(H,25,26)(H,27,28)/b24-15+. The predicted octanol–water partition coefficient (Wildman–Crippen LogP) is 4.55. The van der Waals surface area contributed by atoms with Crippen LogP contribution in [0.25, 0.3) is 11.3 Å². The molecule has 0 aliphatic heterocycles. The Kier molecular flexibility index (Phi) is 7.10. The van der Waals surface area contributed by atoms with E-state index in [1.165, 1.54) is 18.3 Å². The van der Waals surface area contributed by atoms with E-state index in [1.807, 2.05) is 24.3 Å². The van der Waals surface area contributed by atoms with Crippen LogP contribution >= 0.6 is 0 Å². The fourth-order valence-electron chi connectivity index (χ4n) is 2.62. The van der Waals surface area contributed by atoms with Crippen molar-refractivity contribution in [2.45, 2.75) is 26.2 Å². The highest BCUT2D eigenvalue weighted by atomic mass is 19.1. The van der Waals surface area contributed by atoms with Gasteiger partial charge in [0.2, 0.25) is 0 Å². The summed E-state index contributed by atoms with van der Waals surface area (Å²) in [4.78, 5) is 12.2. The fraction of sp³-hybridized carbons (Fsp3) is 0.227. The van der Waals surface area contributed by atoms with Gasteiger partial charge in [-0.2, -0.15) is 10.2 Å². The first-order valence-electron chi connectivity index (χ1n) is 9.53. The van der Waals surface area contributed by atoms with Crippen molar-refractivity contribution in [1.82, 2.24) is 15.6 Å². The summed E-state index contributed by atoms with van der Waals surface area (Å²) in [6, 6.07) is 15.0. The van der Waals surface area contributed by atoms with Crippen molar-refractivity contribution in [3.8, 4) is 17.0 Å². The van der Waals surface area contributed by atoms with Crippen molar-refractivity contribution in [2.75, 3.05) is 6.61 Å². The van der Waals surface area contributed by atoms with Crippen LogP contribution in [-0.2, 0) is 0 Å². The minimum Gasteiger partial charge on any atom is -0.494 e. The number of aromatic nitrogens is 2. The van der Waals surface area contributed by atoms with E-state index in [2.05, 4.69) is 27.6 Å². The van der Waals surface area contributed by atoms with E-state index in [4.69, 9.17) is 4.74 Å². The molecule has 0 fully saturated rings. The summed E-state index contributed by atoms with van der Waals surface area (Å²) in [5.74, 6) is 0.0683. The van der Waals surface area contributed by atoms with Crippen LogP contribution in [0.4, 0.5) is 4.39 Å². The van der Waals surface area contributed by atoms with Gasteiger partial charge in [-0.3, -0.25) is 9.89 Å². The van der Waals surface area contributed by atoms with Gasteiger partial charge in [0, 0.05) is 5.56 Å². The third kappa shape index (κ3) is 6.00. The number of halogens is 1. The third-order valence-electron chi connectivity index (χ3n) is 4.24. The van der Waals surface area contributed by atoms with Gasteiger partial charge in [0.05, 0.1) is 18.5 Å². The first-order valence-corrected chi connectivity index (χ1v) is 9.53. The molecule has 0 bridgehead atoms. The van der Waals surface area contributed by atoms with Crippen LogP contribution in [0.1, 0.15) is 42.2 Å². The number of hydrogen-bond donors (Lipinski definition) is 2. The SMILES string of the molecule is CCCCCOc1ccc(-c2cc(C(=O)N/N=C/c3ccc(F)cc3)[nH]n2)cc1. The van der Waals surface area contributed by atoms with E-state index < -0.39 is 5.91 Å². The molecule has 0 unspecified atom stereocenters. The largest absolute Gasteiger partial charge is 0.494 e. The van der Waals surface area contributed by atoms with Crippen molar-refractivity contribution in [3.63, 3.8) is 0 Å². The minimum atomic E-state index is -0.419. The number of benzene rings is 2. The highest BCUT2D eigenvalue weighted by molar-refractivity contribution is 5.94. The number of hydrazone groups is 1. The molecule has 150 valence electrons. The van der Waals surface area contributed by atoms with Crippen LogP contribution in [0.15, 0.2) is 59.7 Å². The molecule has 0 saturated heterocycles. The monoisotopic (exact) mass is 394 g/mol. The number of amides is 1. The molecule has 0 atom stereocenters. The minimum absolute atomic E-state index is 0.288. The Labute approximate surface area is 168 Å². The summed E-state index contributed by atoms with van der Waals surface area (Å²) in [5.41, 5.74) is 4.90. The molecule has 3 aromatic rings. The zero-order chi connectivity index (χ0) is 20.5. The summed E-state index contributed by atoms with van der Waals surface area (Å²) < 4.78 is 18.6. The van der Waals surface area contributed by atoms with E-state index in [9.17, 15) is 9.18 Å². The quantitative estimate of drug-likeness (QED) is 0.317. The van der Waals surface area contributed by atoms with E-state index in [1.54, 1.807) is 18.2 Å². The smallest absolute Gasteiger partial charge is 0.289 e. The molecule has 3 rings (SSSR count). The molecule has 0 aliphatic rings. The lowest BCUT2D eigenvalue weighted by Gasteiger charge is -2.06. The molecular weight excluding hydrogens is 371 g/mol. The van der Waals surface area contributed by atoms with Gasteiger partial charge in [-0.15, -0.1) is 0 Å². The maximum absolute atomic E-state index is 12.9. The van der Waals surface area contributed by atoms with Crippen molar-refractivity contribution < 1.29 is 13.9 Å². The van der Waals surface area contributed by atoms with E-state index >= 15 is 0 Å². The molecule has 0 radical (unpaired) electrons. The van der Waals surface area contributed by atoms with Gasteiger partial charge in [0.1, 0.15) is 17.3 Å². The predicted molar refractivity (Wildman–Crippen MR) is 111 cm³/mol. The molecule has 6 nitrogen and oxygen atoms in total. The molecule has 0 spiro atoms. The van der Waals surface area contributed by atoms with Gasteiger partial charge in [0.15, 0.2) is 0 Å². The summed E-state index contributed by atoms with van der Waals surface area (Å²) in [5, 5.41) is 10.8. The maximum atomic E-state index is 12.9. The van der Waals surface area contributed by atoms with Crippen LogP contribution in [0.2, 0.25) is 0 Å². The van der Waals surface area contributed by atoms with Crippen LogP contribution in [-0.4, -0.2) is 28.9 Å². The molecule has 1 amide bonds. The van der Waals surface area contributed by atoms with Crippen molar-refractivity contribution in [3.05, 3.63) is 71.7 Å². The molecular formula is C22H23FN4O2. The number of carbonyl (C=O) groups excluding carboxylic acids is 1. The molecule has 29 heavy (non-hydrogen) atoms. The number of nitrogens with one attached hydrogen (secondary N) is 2. The first kappa shape index (κ1) is 20.3. The van der Waals surface area contributed by atoms with Crippen molar-refractivity contribution >= 4 is 12.1 Å². The molecule has 2 N–H and O–H groups in total. The van der Waals surface area contributed by atoms with Crippen molar-refractivity contribution in [2.24, 2.45) is 5.10 Å². The number of H-pyrrole nitrogens is 1. The second-order valence-corrected chi connectivity index (χ2v) is 6.50. The number of unbranched alkanes of at least 4 members (excludes halogenated alkanes) is 2. The Bertz CT molecular complexity index is 950. The number of aromatic amines is 1. The van der Waals surface area contributed by atoms with Gasteiger partial charge < -0.3 is 4.74 Å². The fourth-order valence-corrected chi connectivity index (χ4v) is 2.62. The van der Waals surface area contributed by atoms with Crippen LogP contribution < -0.4 is 10.2 Å². The second-order valence-electron chi connectivity index (χ2n) is 6.50. The normalized spacial score (nSPS) is 11.0. The summed E-state index contributed by atoms with van der Waals surface area (Å²) >= 11 is 0. The zero-order valence-electron chi connectivity index (χ0n) is 16.2. The Morgan fingerprint density at radius 1 is 1.17 bits per heavy atom. The highest BCUT2D eigenvalue weighted by Crippen LogP contribution is 2.21. The lowest BCUT2D eigenvalue weighted by atomic mass is 10.1. The molecule has 7 heteroatoms. The van der Waals surface area contributed by atoms with Gasteiger partial charge >= 0.3 is 0 Å². The van der Waals surface area contributed by atoms with Crippen molar-refractivity contribution in [1.29, 1.82) is 0 Å². The summed E-state index contributed by atoms with van der Waals surface area (Å²) in [7, 11) is 0. The van der Waals surface area contributed by atoms with Crippen LogP contribution in [0.5, 0.6) is 5.75 Å². The van der Waals surface area contributed by atoms with E-state index in [0.29, 0.717) is 17.9 Å². The van der Waals surface area contributed by atoms with Crippen LogP contribution in [0, 0.1) is 5.82 Å². The number of rotatable bonds is 9. The van der Waals surface area contributed by atoms with Gasteiger partial charge in [-0.05, 0) is 54.4 Å². The maximum Gasteiger partial charge on any atom is 0.289 e. The average Bonchev–Trinajstić information content (AvgIpc) is 3.23. The molecule has 1 heterocycles. The number of carbonyl (C=O) groups is 1. The molecule has 0 aliphatic carbocycles. The lowest BCUT2D eigenvalue weighted by Crippen LogP contribution is -2.17. The van der Waals surface area contributed by atoms with E-state index in [-0.39, 0.29) is 11.5 Å².